The normalized spacial score (nSPS) is 15.6. The van der Waals surface area contributed by atoms with Crippen molar-refractivity contribution >= 4 is 18.5 Å². The molecule has 102 valence electrons. The molecular weight excluding hydrogens is 240 g/mol. The van der Waals surface area contributed by atoms with Crippen LogP contribution in [0.1, 0.15) is 33.1 Å². The number of hydrogen-bond donors (Lipinski definition) is 0. The van der Waals surface area contributed by atoms with Crippen LogP contribution in [-0.4, -0.2) is 55.2 Å². The van der Waals surface area contributed by atoms with Crippen LogP contribution in [0.5, 0.6) is 0 Å². The van der Waals surface area contributed by atoms with Gasteiger partial charge in [-0.05, 0) is 32.4 Å². The van der Waals surface area contributed by atoms with Crippen LogP contribution in [0.2, 0.25) is 0 Å². The van der Waals surface area contributed by atoms with E-state index in [-0.39, 0.29) is 18.5 Å². The van der Waals surface area contributed by atoms with Crippen molar-refractivity contribution < 1.29 is 9.53 Å². The summed E-state index contributed by atoms with van der Waals surface area (Å²) >= 11 is 0. The quantitative estimate of drug-likeness (QED) is 0.764. The molecule has 0 aromatic heterocycles. The summed E-state index contributed by atoms with van der Waals surface area (Å²) < 4.78 is 5.26. The molecule has 1 heterocycles. The van der Waals surface area contributed by atoms with Crippen LogP contribution >= 0.6 is 12.4 Å². The first-order valence-corrected chi connectivity index (χ1v) is 6.42. The van der Waals surface area contributed by atoms with Crippen molar-refractivity contribution in [3.63, 3.8) is 0 Å². The first-order chi connectivity index (χ1) is 7.77. The molecule has 1 rings (SSSR count). The summed E-state index contributed by atoms with van der Waals surface area (Å²) in [5.41, 5.74) is 0. The van der Waals surface area contributed by atoms with Gasteiger partial charge in [0.25, 0.3) is 0 Å². The molecular formula is C12H25ClN2O2. The molecule has 0 bridgehead atoms. The van der Waals surface area contributed by atoms with Crippen LogP contribution in [0.3, 0.4) is 0 Å². The Labute approximate surface area is 111 Å². The Kier molecular flexibility index (Phi) is 9.27. The van der Waals surface area contributed by atoms with Crippen LogP contribution in [0.15, 0.2) is 0 Å². The molecule has 1 saturated heterocycles. The Bertz CT molecular complexity index is 205. The summed E-state index contributed by atoms with van der Waals surface area (Å²) in [6.07, 6.45) is 3.34. The fourth-order valence-corrected chi connectivity index (χ4v) is 1.97. The van der Waals surface area contributed by atoms with Crippen molar-refractivity contribution in [2.45, 2.75) is 33.1 Å². The van der Waals surface area contributed by atoms with Crippen LogP contribution in [0.25, 0.3) is 0 Å². The molecule has 0 saturated carbocycles. The van der Waals surface area contributed by atoms with Gasteiger partial charge in [0, 0.05) is 19.6 Å². The van der Waals surface area contributed by atoms with E-state index < -0.39 is 0 Å². The van der Waals surface area contributed by atoms with Crippen LogP contribution < -0.4 is 0 Å². The predicted molar refractivity (Wildman–Crippen MR) is 71.8 cm³/mol. The van der Waals surface area contributed by atoms with Gasteiger partial charge in [-0.1, -0.05) is 13.8 Å². The second-order valence-corrected chi connectivity index (χ2v) is 4.19. The number of likely N-dealkylation sites (tertiary alicyclic amines) is 1. The monoisotopic (exact) mass is 264 g/mol. The number of hydrogen-bond acceptors (Lipinski definition) is 3. The number of rotatable bonds is 5. The molecule has 0 aliphatic carbocycles. The van der Waals surface area contributed by atoms with E-state index in [2.05, 4.69) is 18.7 Å². The van der Waals surface area contributed by atoms with Crippen molar-refractivity contribution in [3.8, 4) is 0 Å². The van der Waals surface area contributed by atoms with E-state index in [1.54, 1.807) is 0 Å². The van der Waals surface area contributed by atoms with Gasteiger partial charge in [-0.25, -0.2) is 4.79 Å². The van der Waals surface area contributed by atoms with E-state index in [0.717, 1.165) is 45.6 Å². The van der Waals surface area contributed by atoms with E-state index in [9.17, 15) is 4.79 Å². The summed E-state index contributed by atoms with van der Waals surface area (Å²) in [5.74, 6) is 0. The third kappa shape index (κ3) is 6.13. The zero-order valence-electron chi connectivity index (χ0n) is 11.0. The topological polar surface area (TPSA) is 32.8 Å². The highest BCUT2D eigenvalue weighted by atomic mass is 35.5. The molecule has 0 N–H and O–H groups in total. The lowest BCUT2D eigenvalue weighted by molar-refractivity contribution is 0.0856. The number of piperidine rings is 1. The van der Waals surface area contributed by atoms with Gasteiger partial charge in [0.15, 0.2) is 0 Å². The zero-order chi connectivity index (χ0) is 11.8. The Balaban J connectivity index is 0.00000256. The lowest BCUT2D eigenvalue weighted by Crippen LogP contribution is -2.37. The number of nitrogens with zero attached hydrogens (tertiary/aromatic N) is 2. The fourth-order valence-electron chi connectivity index (χ4n) is 1.97. The summed E-state index contributed by atoms with van der Waals surface area (Å²) in [6.45, 7) is 9.35. The molecule has 5 heteroatoms. The lowest BCUT2D eigenvalue weighted by Gasteiger charge is -2.26. The average Bonchev–Trinajstić information content (AvgIpc) is 2.35. The van der Waals surface area contributed by atoms with E-state index in [1.807, 2.05) is 4.90 Å². The third-order valence-electron chi connectivity index (χ3n) is 3.14. The number of likely N-dealkylation sites (N-methyl/N-ethyl adjacent to an activating group) is 1. The van der Waals surface area contributed by atoms with Crippen molar-refractivity contribution in [2.24, 2.45) is 0 Å². The highest BCUT2D eigenvalue weighted by Gasteiger charge is 2.17. The van der Waals surface area contributed by atoms with E-state index in [1.165, 1.54) is 6.42 Å². The number of ether oxygens (including phenoxy) is 1. The van der Waals surface area contributed by atoms with Gasteiger partial charge < -0.3 is 14.5 Å². The zero-order valence-corrected chi connectivity index (χ0v) is 11.8. The van der Waals surface area contributed by atoms with Gasteiger partial charge in [-0.15, -0.1) is 12.4 Å². The predicted octanol–water partition coefficient (Wildman–Crippen LogP) is 2.37. The van der Waals surface area contributed by atoms with Crippen molar-refractivity contribution in [3.05, 3.63) is 0 Å². The van der Waals surface area contributed by atoms with Gasteiger partial charge in [0.2, 0.25) is 0 Å². The number of carbonyl (C=O) groups is 1. The number of carbonyl (C=O) groups excluding carboxylic acids is 1. The lowest BCUT2D eigenvalue weighted by atomic mass is 10.1. The molecule has 4 nitrogen and oxygen atoms in total. The van der Waals surface area contributed by atoms with Crippen molar-refractivity contribution in [2.75, 3.05) is 39.3 Å². The summed E-state index contributed by atoms with van der Waals surface area (Å²) in [6, 6.07) is 0. The highest BCUT2D eigenvalue weighted by Crippen LogP contribution is 2.09. The van der Waals surface area contributed by atoms with Crippen molar-refractivity contribution in [1.82, 2.24) is 9.80 Å². The van der Waals surface area contributed by atoms with Crippen LogP contribution in [0.4, 0.5) is 4.79 Å². The summed E-state index contributed by atoms with van der Waals surface area (Å²) in [5, 5.41) is 0. The molecule has 0 aromatic rings. The first-order valence-electron chi connectivity index (χ1n) is 6.42. The minimum atomic E-state index is -0.133. The first kappa shape index (κ1) is 16.5. The highest BCUT2D eigenvalue weighted by molar-refractivity contribution is 5.85. The second-order valence-electron chi connectivity index (χ2n) is 4.19. The number of halogens is 1. The molecule has 1 aliphatic rings. The standard InChI is InChI=1S/C12H24N2O2.ClH/c1-3-13(4-2)10-11-16-12(15)14-8-6-5-7-9-14;/h3-11H2,1-2H3;1H. The van der Waals surface area contributed by atoms with Gasteiger partial charge in [-0.3, -0.25) is 0 Å². The largest absolute Gasteiger partial charge is 0.448 e. The molecule has 17 heavy (non-hydrogen) atoms. The molecule has 1 aliphatic heterocycles. The van der Waals surface area contributed by atoms with Gasteiger partial charge >= 0.3 is 6.09 Å². The molecule has 0 radical (unpaired) electrons. The summed E-state index contributed by atoms with van der Waals surface area (Å²) in [4.78, 5) is 15.7. The molecule has 0 unspecified atom stereocenters. The van der Waals surface area contributed by atoms with Crippen LogP contribution in [-0.2, 0) is 4.74 Å². The maximum atomic E-state index is 11.6. The molecule has 0 spiro atoms. The minimum absolute atomic E-state index is 0. The maximum Gasteiger partial charge on any atom is 0.409 e. The summed E-state index contributed by atoms with van der Waals surface area (Å²) in [7, 11) is 0. The smallest absolute Gasteiger partial charge is 0.409 e. The van der Waals surface area contributed by atoms with Gasteiger partial charge in [0.05, 0.1) is 0 Å². The SMILES string of the molecule is CCN(CC)CCOC(=O)N1CCCCC1.Cl. The van der Waals surface area contributed by atoms with E-state index in [4.69, 9.17) is 4.74 Å². The minimum Gasteiger partial charge on any atom is -0.448 e. The van der Waals surface area contributed by atoms with E-state index >= 15 is 0 Å². The van der Waals surface area contributed by atoms with E-state index in [0.29, 0.717) is 6.61 Å². The Morgan fingerprint density at radius 1 is 1.18 bits per heavy atom. The molecule has 0 atom stereocenters. The van der Waals surface area contributed by atoms with Crippen molar-refractivity contribution in [1.29, 1.82) is 0 Å². The molecule has 1 fully saturated rings. The second kappa shape index (κ2) is 9.54. The number of amides is 1. The average molecular weight is 265 g/mol. The molecule has 0 aromatic carbocycles. The maximum absolute atomic E-state index is 11.6. The Morgan fingerprint density at radius 3 is 2.29 bits per heavy atom. The third-order valence-corrected chi connectivity index (χ3v) is 3.14. The van der Waals surface area contributed by atoms with Gasteiger partial charge in [-0.2, -0.15) is 0 Å². The Hall–Kier alpha value is -0.480. The molecule has 1 amide bonds. The van der Waals surface area contributed by atoms with Crippen LogP contribution in [0, 0.1) is 0 Å². The Morgan fingerprint density at radius 2 is 1.76 bits per heavy atom. The fraction of sp³-hybridized carbons (Fsp3) is 0.917. The van der Waals surface area contributed by atoms with Gasteiger partial charge in [0.1, 0.15) is 6.61 Å².